The highest BCUT2D eigenvalue weighted by atomic mass is 16.1. The quantitative estimate of drug-likeness (QED) is 0.726. The van der Waals surface area contributed by atoms with Crippen LogP contribution >= 0.6 is 0 Å². The number of rotatable bonds is 1. The van der Waals surface area contributed by atoms with E-state index in [2.05, 4.69) is 31.8 Å². The van der Waals surface area contributed by atoms with Crippen molar-refractivity contribution in [3.63, 3.8) is 0 Å². The fourth-order valence-corrected chi connectivity index (χ4v) is 2.70. The standard InChI is InChI=1S/C20H18N2O/c1-20(2,3)14-10-8-13(9-11-14)18-16(12-21)19(23)15-6-4-5-7-17(15)22-18/h4-11H,1-3H3,(H,22,23). The van der Waals surface area contributed by atoms with Crippen molar-refractivity contribution in [3.05, 3.63) is 69.9 Å². The van der Waals surface area contributed by atoms with Gasteiger partial charge in [-0.2, -0.15) is 5.26 Å². The third kappa shape index (κ3) is 2.64. The molecule has 0 bridgehead atoms. The Morgan fingerprint density at radius 3 is 2.26 bits per heavy atom. The molecule has 0 saturated carbocycles. The van der Waals surface area contributed by atoms with E-state index in [0.717, 1.165) is 11.1 Å². The summed E-state index contributed by atoms with van der Waals surface area (Å²) in [7, 11) is 0. The molecule has 1 N–H and O–H groups in total. The van der Waals surface area contributed by atoms with Gasteiger partial charge < -0.3 is 4.98 Å². The van der Waals surface area contributed by atoms with E-state index in [9.17, 15) is 10.1 Å². The second-order valence-corrected chi connectivity index (χ2v) is 6.69. The van der Waals surface area contributed by atoms with E-state index >= 15 is 0 Å². The van der Waals surface area contributed by atoms with Crippen molar-refractivity contribution in [2.24, 2.45) is 0 Å². The van der Waals surface area contributed by atoms with E-state index in [1.165, 1.54) is 5.56 Å². The van der Waals surface area contributed by atoms with Gasteiger partial charge in [0.15, 0.2) is 0 Å². The molecule has 0 radical (unpaired) electrons. The lowest BCUT2D eigenvalue weighted by molar-refractivity contribution is 0.590. The lowest BCUT2D eigenvalue weighted by Crippen LogP contribution is -2.12. The molecule has 23 heavy (non-hydrogen) atoms. The first kappa shape index (κ1) is 15.1. The zero-order valence-corrected chi connectivity index (χ0v) is 13.5. The number of H-pyrrole nitrogens is 1. The molecule has 3 nitrogen and oxygen atoms in total. The molecule has 0 fully saturated rings. The predicted octanol–water partition coefficient (Wildman–Crippen LogP) is 4.36. The molecule has 3 aromatic rings. The Morgan fingerprint density at radius 2 is 1.65 bits per heavy atom. The van der Waals surface area contributed by atoms with Crippen molar-refractivity contribution in [3.8, 4) is 17.3 Å². The predicted molar refractivity (Wildman–Crippen MR) is 93.4 cm³/mol. The Bertz CT molecular complexity index is 968. The lowest BCUT2D eigenvalue weighted by atomic mass is 9.86. The van der Waals surface area contributed by atoms with Crippen LogP contribution in [0.4, 0.5) is 0 Å². The maximum atomic E-state index is 12.5. The van der Waals surface area contributed by atoms with Crippen LogP contribution in [0.5, 0.6) is 0 Å². The van der Waals surface area contributed by atoms with Crippen LogP contribution in [-0.2, 0) is 5.41 Å². The monoisotopic (exact) mass is 302 g/mol. The maximum Gasteiger partial charge on any atom is 0.207 e. The number of fused-ring (bicyclic) bond motifs is 1. The summed E-state index contributed by atoms with van der Waals surface area (Å²) in [6, 6.07) is 17.3. The van der Waals surface area contributed by atoms with Crippen LogP contribution in [0.25, 0.3) is 22.2 Å². The second-order valence-electron chi connectivity index (χ2n) is 6.69. The number of aromatic nitrogens is 1. The summed E-state index contributed by atoms with van der Waals surface area (Å²) >= 11 is 0. The summed E-state index contributed by atoms with van der Waals surface area (Å²) in [5, 5.41) is 9.97. The number of pyridine rings is 1. The molecule has 1 heterocycles. The van der Waals surface area contributed by atoms with Crippen LogP contribution in [-0.4, -0.2) is 4.98 Å². The lowest BCUT2D eigenvalue weighted by Gasteiger charge is -2.19. The Hall–Kier alpha value is -2.86. The van der Waals surface area contributed by atoms with Crippen molar-refractivity contribution >= 4 is 10.9 Å². The van der Waals surface area contributed by atoms with Crippen LogP contribution in [0, 0.1) is 11.3 Å². The molecular formula is C20H18N2O. The van der Waals surface area contributed by atoms with Gasteiger partial charge in [-0.1, -0.05) is 57.2 Å². The van der Waals surface area contributed by atoms with Gasteiger partial charge in [0.25, 0.3) is 0 Å². The number of para-hydroxylation sites is 1. The van der Waals surface area contributed by atoms with Crippen molar-refractivity contribution < 1.29 is 0 Å². The van der Waals surface area contributed by atoms with E-state index in [-0.39, 0.29) is 16.4 Å². The zero-order valence-electron chi connectivity index (χ0n) is 13.5. The fourth-order valence-electron chi connectivity index (χ4n) is 2.70. The van der Waals surface area contributed by atoms with Crippen molar-refractivity contribution in [2.45, 2.75) is 26.2 Å². The van der Waals surface area contributed by atoms with E-state index in [1.807, 2.05) is 36.4 Å². The number of aromatic amines is 1. The summed E-state index contributed by atoms with van der Waals surface area (Å²) in [4.78, 5) is 15.8. The molecule has 1 aromatic heterocycles. The number of nitriles is 1. The van der Waals surface area contributed by atoms with E-state index in [1.54, 1.807) is 12.1 Å². The molecule has 0 aliphatic heterocycles. The van der Waals surface area contributed by atoms with Crippen molar-refractivity contribution in [1.29, 1.82) is 5.26 Å². The normalized spacial score (nSPS) is 11.4. The highest BCUT2D eigenvalue weighted by Crippen LogP contribution is 2.27. The Kier molecular flexibility index (Phi) is 3.54. The number of hydrogen-bond acceptors (Lipinski definition) is 2. The number of hydrogen-bond donors (Lipinski definition) is 1. The second kappa shape index (κ2) is 5.40. The van der Waals surface area contributed by atoms with Crippen LogP contribution in [0.3, 0.4) is 0 Å². The van der Waals surface area contributed by atoms with Gasteiger partial charge >= 0.3 is 0 Å². The summed E-state index contributed by atoms with van der Waals surface area (Å²) in [5.41, 5.74) is 3.38. The van der Waals surface area contributed by atoms with E-state index < -0.39 is 0 Å². The Morgan fingerprint density at radius 1 is 1.00 bits per heavy atom. The minimum atomic E-state index is -0.225. The number of nitrogens with zero attached hydrogens (tertiary/aromatic N) is 1. The smallest absolute Gasteiger partial charge is 0.207 e. The molecule has 2 aromatic carbocycles. The average Bonchev–Trinajstić information content (AvgIpc) is 2.54. The molecule has 0 atom stereocenters. The molecule has 0 unspecified atom stereocenters. The van der Waals surface area contributed by atoms with Gasteiger partial charge in [-0.25, -0.2) is 0 Å². The maximum absolute atomic E-state index is 12.5. The zero-order chi connectivity index (χ0) is 16.6. The summed E-state index contributed by atoms with van der Waals surface area (Å²) in [5.74, 6) is 0. The van der Waals surface area contributed by atoms with E-state index in [0.29, 0.717) is 11.1 Å². The third-order valence-electron chi connectivity index (χ3n) is 4.06. The van der Waals surface area contributed by atoms with Crippen LogP contribution in [0.2, 0.25) is 0 Å². The largest absolute Gasteiger partial charge is 0.353 e. The molecule has 0 spiro atoms. The Balaban J connectivity index is 2.24. The molecule has 3 heteroatoms. The van der Waals surface area contributed by atoms with Gasteiger partial charge in [-0.3, -0.25) is 4.79 Å². The highest BCUT2D eigenvalue weighted by Gasteiger charge is 2.16. The molecule has 0 saturated heterocycles. The van der Waals surface area contributed by atoms with Crippen LogP contribution < -0.4 is 5.43 Å². The first-order valence-electron chi connectivity index (χ1n) is 7.58. The first-order chi connectivity index (χ1) is 10.9. The third-order valence-corrected chi connectivity index (χ3v) is 4.06. The number of nitrogens with one attached hydrogen (secondary N) is 1. The van der Waals surface area contributed by atoms with E-state index in [4.69, 9.17) is 0 Å². The molecule has 0 aliphatic carbocycles. The molecule has 0 amide bonds. The van der Waals surface area contributed by atoms with Crippen molar-refractivity contribution in [1.82, 2.24) is 4.98 Å². The van der Waals surface area contributed by atoms with Crippen LogP contribution in [0.1, 0.15) is 31.9 Å². The molecule has 3 rings (SSSR count). The van der Waals surface area contributed by atoms with Gasteiger partial charge in [0.1, 0.15) is 11.6 Å². The Labute approximate surface area is 135 Å². The first-order valence-corrected chi connectivity index (χ1v) is 7.58. The van der Waals surface area contributed by atoms with Gasteiger partial charge in [0.2, 0.25) is 5.43 Å². The highest BCUT2D eigenvalue weighted by molar-refractivity contribution is 5.84. The minimum absolute atomic E-state index is 0.0629. The molecular weight excluding hydrogens is 284 g/mol. The summed E-state index contributed by atoms with van der Waals surface area (Å²) < 4.78 is 0. The van der Waals surface area contributed by atoms with Crippen LogP contribution in [0.15, 0.2) is 53.3 Å². The van der Waals surface area contributed by atoms with Crippen molar-refractivity contribution in [2.75, 3.05) is 0 Å². The number of benzene rings is 2. The van der Waals surface area contributed by atoms with Gasteiger partial charge in [-0.05, 0) is 28.7 Å². The summed E-state index contributed by atoms with van der Waals surface area (Å²) in [6.45, 7) is 6.46. The minimum Gasteiger partial charge on any atom is -0.353 e. The fraction of sp³-hybridized carbons (Fsp3) is 0.200. The SMILES string of the molecule is CC(C)(C)c1ccc(-c2[nH]c3ccccc3c(=O)c2C#N)cc1. The molecule has 0 aliphatic rings. The topological polar surface area (TPSA) is 56.6 Å². The molecule has 114 valence electrons. The van der Waals surface area contributed by atoms with Gasteiger partial charge in [0.05, 0.1) is 5.69 Å². The average molecular weight is 302 g/mol. The van der Waals surface area contributed by atoms with Gasteiger partial charge in [0, 0.05) is 10.9 Å². The summed E-state index contributed by atoms with van der Waals surface area (Å²) in [6.07, 6.45) is 0. The van der Waals surface area contributed by atoms with Gasteiger partial charge in [-0.15, -0.1) is 0 Å².